The molecule has 4 atom stereocenters. The fourth-order valence-electron chi connectivity index (χ4n) is 2.32. The molecule has 0 radical (unpaired) electrons. The number of anilines is 1. The molecule has 1 fully saturated rings. The average Bonchev–Trinajstić information content (AvgIpc) is 2.97. The van der Waals surface area contributed by atoms with Gasteiger partial charge in [-0.25, -0.2) is 15.0 Å². The van der Waals surface area contributed by atoms with Gasteiger partial charge in [-0.1, -0.05) is 0 Å². The van der Waals surface area contributed by atoms with E-state index < -0.39 is 24.5 Å². The molecule has 0 aromatic carbocycles. The van der Waals surface area contributed by atoms with E-state index in [4.69, 9.17) is 10.5 Å². The van der Waals surface area contributed by atoms with Crippen LogP contribution < -0.4 is 5.73 Å². The minimum atomic E-state index is -1.04. The lowest BCUT2D eigenvalue weighted by atomic mass is 10.1. The van der Waals surface area contributed by atoms with Gasteiger partial charge in [0.1, 0.15) is 24.1 Å². The predicted octanol–water partition coefficient (Wildman–Crippen LogP) is -0.609. The van der Waals surface area contributed by atoms with Gasteiger partial charge in [0, 0.05) is 5.75 Å². The normalized spacial score (nSPS) is 30.1. The van der Waals surface area contributed by atoms with Crippen LogP contribution in [0.5, 0.6) is 0 Å². The first-order valence-corrected chi connectivity index (χ1v) is 7.46. The molecule has 0 spiro atoms. The Kier molecular flexibility index (Phi) is 3.50. The summed E-state index contributed by atoms with van der Waals surface area (Å²) in [4.78, 5) is 12.1. The summed E-state index contributed by atoms with van der Waals surface area (Å²) < 4.78 is 7.29. The molecule has 3 rings (SSSR count). The van der Waals surface area contributed by atoms with Crippen LogP contribution in [-0.4, -0.2) is 60.1 Å². The highest BCUT2D eigenvalue weighted by Gasteiger charge is 2.43. The minimum absolute atomic E-state index is 0.266. The van der Waals surface area contributed by atoms with Gasteiger partial charge in [-0.3, -0.25) is 4.57 Å². The summed E-state index contributed by atoms with van der Waals surface area (Å²) in [5.74, 6) is 0.862. The van der Waals surface area contributed by atoms with Crippen LogP contribution in [0.3, 0.4) is 0 Å². The molecule has 0 unspecified atom stereocenters. The van der Waals surface area contributed by atoms with Crippen LogP contribution in [0.25, 0.3) is 11.2 Å². The number of nitrogens with two attached hydrogens (primary N) is 1. The van der Waals surface area contributed by atoms with Crippen molar-refractivity contribution in [1.29, 1.82) is 0 Å². The van der Waals surface area contributed by atoms with Crippen LogP contribution in [-0.2, 0) is 4.74 Å². The van der Waals surface area contributed by atoms with Crippen molar-refractivity contribution in [3.8, 4) is 0 Å². The molecule has 8 nitrogen and oxygen atoms in total. The van der Waals surface area contributed by atoms with Gasteiger partial charge < -0.3 is 20.7 Å². The van der Waals surface area contributed by atoms with Crippen molar-refractivity contribution in [1.82, 2.24) is 19.5 Å². The predicted molar refractivity (Wildman–Crippen MR) is 74.0 cm³/mol. The van der Waals surface area contributed by atoms with Gasteiger partial charge in [0.2, 0.25) is 0 Å². The number of hydrogen-bond donors (Lipinski definition) is 3. The largest absolute Gasteiger partial charge is 0.387 e. The zero-order valence-electron chi connectivity index (χ0n) is 10.7. The van der Waals surface area contributed by atoms with Crippen molar-refractivity contribution in [2.24, 2.45) is 0 Å². The van der Waals surface area contributed by atoms with Crippen molar-refractivity contribution in [2.75, 3.05) is 17.7 Å². The third-order valence-corrected chi connectivity index (χ3v) is 3.99. The molecule has 0 saturated carbocycles. The number of aromatic nitrogens is 4. The Morgan fingerprint density at radius 3 is 2.90 bits per heavy atom. The fourth-order valence-corrected chi connectivity index (χ4v) is 2.92. The van der Waals surface area contributed by atoms with Crippen molar-refractivity contribution in [3.63, 3.8) is 0 Å². The topological polar surface area (TPSA) is 119 Å². The maximum absolute atomic E-state index is 10.1. The zero-order valence-corrected chi connectivity index (χ0v) is 11.6. The van der Waals surface area contributed by atoms with Gasteiger partial charge >= 0.3 is 0 Å². The van der Waals surface area contributed by atoms with Gasteiger partial charge in [-0.05, 0) is 6.26 Å². The standard InChI is InChI=1S/C11H15N5O3S/c1-20-2-5-7(17)8(18)11(19-5)16-4-15-6-9(12)13-3-14-10(6)16/h3-5,7-8,11,17-18H,2H2,1H3,(H2,12,13,14)/t5-,7-,8-,11+/m0/s1. The molecule has 9 heteroatoms. The molecule has 0 bridgehead atoms. The SMILES string of the molecule is CSC[C@@H]1O[C@@H](n2cnc3c(N)ncnc32)[C@@H](O)[C@H]1O. The molecule has 0 amide bonds. The molecule has 20 heavy (non-hydrogen) atoms. The van der Waals surface area contributed by atoms with Gasteiger partial charge in [0.05, 0.1) is 12.4 Å². The molecule has 1 saturated heterocycles. The molecular formula is C11H15N5O3S. The first kappa shape index (κ1) is 13.6. The number of imidazole rings is 1. The molecule has 1 aliphatic rings. The van der Waals surface area contributed by atoms with E-state index in [0.717, 1.165) is 0 Å². The van der Waals surface area contributed by atoms with E-state index in [9.17, 15) is 10.2 Å². The lowest BCUT2D eigenvalue weighted by Gasteiger charge is -2.16. The lowest BCUT2D eigenvalue weighted by molar-refractivity contribution is -0.0288. The van der Waals surface area contributed by atoms with E-state index in [1.165, 1.54) is 12.7 Å². The maximum atomic E-state index is 10.1. The third-order valence-electron chi connectivity index (χ3n) is 3.33. The van der Waals surface area contributed by atoms with E-state index in [1.54, 1.807) is 16.3 Å². The van der Waals surface area contributed by atoms with Crippen LogP contribution in [0.15, 0.2) is 12.7 Å². The average molecular weight is 297 g/mol. The number of aliphatic hydroxyl groups excluding tert-OH is 2. The number of thioether (sulfide) groups is 1. The van der Waals surface area contributed by atoms with Gasteiger partial charge in [0.15, 0.2) is 17.7 Å². The summed E-state index contributed by atoms with van der Waals surface area (Å²) in [6.45, 7) is 0. The van der Waals surface area contributed by atoms with Crippen molar-refractivity contribution in [2.45, 2.75) is 24.5 Å². The highest BCUT2D eigenvalue weighted by molar-refractivity contribution is 7.98. The van der Waals surface area contributed by atoms with Crippen LogP contribution in [0.1, 0.15) is 6.23 Å². The number of ether oxygens (including phenoxy) is 1. The van der Waals surface area contributed by atoms with E-state index >= 15 is 0 Å². The quantitative estimate of drug-likeness (QED) is 0.686. The summed E-state index contributed by atoms with van der Waals surface area (Å²) in [5.41, 5.74) is 6.64. The summed E-state index contributed by atoms with van der Waals surface area (Å²) in [7, 11) is 0. The number of nitrogens with zero attached hydrogens (tertiary/aromatic N) is 4. The van der Waals surface area contributed by atoms with E-state index in [1.807, 2.05) is 6.26 Å². The Labute approximate surface area is 119 Å². The summed E-state index contributed by atoms with van der Waals surface area (Å²) in [5, 5.41) is 20.2. The van der Waals surface area contributed by atoms with Gasteiger partial charge in [-0.2, -0.15) is 11.8 Å². The Bertz CT molecular complexity index is 621. The second kappa shape index (κ2) is 5.17. The van der Waals surface area contributed by atoms with Gasteiger partial charge in [0.25, 0.3) is 0 Å². The van der Waals surface area contributed by atoms with Crippen molar-refractivity contribution in [3.05, 3.63) is 12.7 Å². The molecule has 4 N–H and O–H groups in total. The Hall–Kier alpha value is -1.42. The highest BCUT2D eigenvalue weighted by atomic mass is 32.2. The van der Waals surface area contributed by atoms with Crippen LogP contribution in [0, 0.1) is 0 Å². The molecule has 108 valence electrons. The zero-order chi connectivity index (χ0) is 14.3. The number of aliphatic hydroxyl groups is 2. The highest BCUT2D eigenvalue weighted by Crippen LogP contribution is 2.32. The van der Waals surface area contributed by atoms with Crippen LogP contribution in [0.2, 0.25) is 0 Å². The number of rotatable bonds is 3. The summed E-state index contributed by atoms with van der Waals surface area (Å²) >= 11 is 1.54. The van der Waals surface area contributed by atoms with Crippen LogP contribution >= 0.6 is 11.8 Å². The van der Waals surface area contributed by atoms with Gasteiger partial charge in [-0.15, -0.1) is 0 Å². The first-order chi connectivity index (χ1) is 9.63. The molecule has 3 heterocycles. The smallest absolute Gasteiger partial charge is 0.167 e. The Morgan fingerprint density at radius 2 is 2.15 bits per heavy atom. The number of hydrogen-bond acceptors (Lipinski definition) is 8. The van der Waals surface area contributed by atoms with E-state index in [-0.39, 0.29) is 5.82 Å². The van der Waals surface area contributed by atoms with Crippen molar-refractivity contribution < 1.29 is 14.9 Å². The lowest BCUT2D eigenvalue weighted by Crippen LogP contribution is -2.32. The number of fused-ring (bicyclic) bond motifs is 1. The maximum Gasteiger partial charge on any atom is 0.167 e. The van der Waals surface area contributed by atoms with Crippen molar-refractivity contribution >= 4 is 28.7 Å². The molecule has 2 aromatic heterocycles. The molecular weight excluding hydrogens is 282 g/mol. The Balaban J connectivity index is 1.97. The second-order valence-electron chi connectivity index (χ2n) is 4.58. The van der Waals surface area contributed by atoms with Crippen LogP contribution in [0.4, 0.5) is 5.82 Å². The fraction of sp³-hybridized carbons (Fsp3) is 0.545. The molecule has 0 aliphatic carbocycles. The Morgan fingerprint density at radius 1 is 1.35 bits per heavy atom. The number of nitrogen functional groups attached to an aromatic ring is 1. The summed E-state index contributed by atoms with van der Waals surface area (Å²) in [6.07, 6.45) is 1.58. The van der Waals surface area contributed by atoms with E-state index in [0.29, 0.717) is 16.9 Å². The molecule has 1 aliphatic heterocycles. The first-order valence-electron chi connectivity index (χ1n) is 6.07. The van der Waals surface area contributed by atoms with E-state index in [2.05, 4.69) is 15.0 Å². The monoisotopic (exact) mass is 297 g/mol. The third kappa shape index (κ3) is 2.03. The summed E-state index contributed by atoms with van der Waals surface area (Å²) in [6, 6.07) is 0. The molecule has 2 aromatic rings. The minimum Gasteiger partial charge on any atom is -0.387 e. The second-order valence-corrected chi connectivity index (χ2v) is 5.50.